The number of carbonyl (C=O) groups is 1. The van der Waals surface area contributed by atoms with Gasteiger partial charge in [0.05, 0.1) is 12.3 Å². The summed E-state index contributed by atoms with van der Waals surface area (Å²) < 4.78 is 5.81. The van der Waals surface area contributed by atoms with E-state index in [0.29, 0.717) is 47.4 Å². The molecule has 40 heavy (non-hydrogen) atoms. The zero-order valence-electron chi connectivity index (χ0n) is 23.4. The standard InChI is InChI=1S/C31H38ClN5O2S/c1-3-39-27-15-8-7-14-26(27)36-16-18-37(19-17-36)30(38)24-11-9-10-23(20-24)22-40-31-33-28(32)21-29(34-31)35(2)25-12-5-4-6-13-25/h7-11,14-15,20-21,25H,3-6,12-13,16-19,22H2,1-2H3. The fraction of sp³-hybridized carbons (Fsp3) is 0.452. The van der Waals surface area contributed by atoms with Crippen LogP contribution in [-0.4, -0.2) is 66.7 Å². The molecule has 0 N–H and O–H groups in total. The normalized spacial score (nSPS) is 16.2. The summed E-state index contributed by atoms with van der Waals surface area (Å²) in [6.07, 6.45) is 6.23. The summed E-state index contributed by atoms with van der Waals surface area (Å²) in [5.41, 5.74) is 2.86. The van der Waals surface area contributed by atoms with Crippen LogP contribution in [-0.2, 0) is 5.75 Å². The average molecular weight is 580 g/mol. The topological polar surface area (TPSA) is 61.8 Å². The number of nitrogens with zero attached hydrogens (tertiary/aromatic N) is 5. The third-order valence-corrected chi connectivity index (χ3v) is 8.87. The minimum Gasteiger partial charge on any atom is -0.492 e. The summed E-state index contributed by atoms with van der Waals surface area (Å²) >= 11 is 7.94. The number of para-hydroxylation sites is 2. The van der Waals surface area contributed by atoms with E-state index in [4.69, 9.17) is 21.3 Å². The lowest BCUT2D eigenvalue weighted by Gasteiger charge is -2.36. The first-order valence-electron chi connectivity index (χ1n) is 14.3. The number of halogens is 1. The predicted molar refractivity (Wildman–Crippen MR) is 164 cm³/mol. The van der Waals surface area contributed by atoms with Gasteiger partial charge >= 0.3 is 0 Å². The Hall–Kier alpha value is -2.97. The van der Waals surface area contributed by atoms with Gasteiger partial charge in [0.1, 0.15) is 16.7 Å². The first-order chi connectivity index (χ1) is 19.5. The van der Waals surface area contributed by atoms with Crippen molar-refractivity contribution in [2.75, 3.05) is 49.6 Å². The number of carbonyl (C=O) groups excluding carboxylic acids is 1. The van der Waals surface area contributed by atoms with Crippen LogP contribution < -0.4 is 14.5 Å². The van der Waals surface area contributed by atoms with E-state index in [1.807, 2.05) is 60.4 Å². The van der Waals surface area contributed by atoms with Crippen molar-refractivity contribution < 1.29 is 9.53 Å². The molecule has 7 nitrogen and oxygen atoms in total. The van der Waals surface area contributed by atoms with Crippen molar-refractivity contribution in [2.24, 2.45) is 0 Å². The number of rotatable bonds is 9. The van der Waals surface area contributed by atoms with Crippen LogP contribution in [0.2, 0.25) is 5.15 Å². The molecule has 0 atom stereocenters. The molecule has 0 unspecified atom stereocenters. The largest absolute Gasteiger partial charge is 0.492 e. The fourth-order valence-electron chi connectivity index (χ4n) is 5.56. The molecule has 1 saturated carbocycles. The van der Waals surface area contributed by atoms with E-state index >= 15 is 0 Å². The van der Waals surface area contributed by atoms with Gasteiger partial charge in [-0.05, 0) is 49.6 Å². The van der Waals surface area contributed by atoms with Gasteiger partial charge in [0.2, 0.25) is 0 Å². The summed E-state index contributed by atoms with van der Waals surface area (Å²) in [5, 5.41) is 1.12. The number of hydrogen-bond acceptors (Lipinski definition) is 7. The van der Waals surface area contributed by atoms with Gasteiger partial charge in [-0.25, -0.2) is 9.97 Å². The fourth-order valence-corrected chi connectivity index (χ4v) is 6.58. The number of benzene rings is 2. The van der Waals surface area contributed by atoms with Gasteiger partial charge in [0.25, 0.3) is 5.91 Å². The lowest BCUT2D eigenvalue weighted by molar-refractivity contribution is 0.0746. The molecule has 0 spiro atoms. The monoisotopic (exact) mass is 579 g/mol. The van der Waals surface area contributed by atoms with E-state index in [-0.39, 0.29) is 5.91 Å². The van der Waals surface area contributed by atoms with Gasteiger partial charge in [-0.1, -0.05) is 66.9 Å². The van der Waals surface area contributed by atoms with E-state index in [1.165, 1.54) is 32.1 Å². The Morgan fingerprint density at radius 2 is 1.80 bits per heavy atom. The second-order valence-electron chi connectivity index (χ2n) is 10.4. The van der Waals surface area contributed by atoms with Gasteiger partial charge in [0, 0.05) is 56.7 Å². The average Bonchev–Trinajstić information content (AvgIpc) is 3.00. The molecular formula is C31H38ClN5O2S. The Kier molecular flexibility index (Phi) is 9.70. The van der Waals surface area contributed by atoms with Crippen LogP contribution >= 0.6 is 23.4 Å². The zero-order valence-corrected chi connectivity index (χ0v) is 25.0. The van der Waals surface area contributed by atoms with Crippen molar-refractivity contribution in [3.63, 3.8) is 0 Å². The van der Waals surface area contributed by atoms with Crippen LogP contribution in [0.3, 0.4) is 0 Å². The molecule has 1 aliphatic heterocycles. The highest BCUT2D eigenvalue weighted by Gasteiger charge is 2.24. The molecule has 212 valence electrons. The molecule has 3 aromatic rings. The van der Waals surface area contributed by atoms with Crippen LogP contribution in [0.15, 0.2) is 59.8 Å². The highest BCUT2D eigenvalue weighted by atomic mass is 35.5. The molecule has 1 saturated heterocycles. The van der Waals surface area contributed by atoms with Crippen LogP contribution in [0.25, 0.3) is 0 Å². The van der Waals surface area contributed by atoms with Crippen molar-refractivity contribution in [1.29, 1.82) is 0 Å². The van der Waals surface area contributed by atoms with Crippen molar-refractivity contribution >= 4 is 40.8 Å². The van der Waals surface area contributed by atoms with Gasteiger partial charge in [-0.2, -0.15) is 0 Å². The number of hydrogen-bond donors (Lipinski definition) is 0. The van der Waals surface area contributed by atoms with Gasteiger partial charge < -0.3 is 19.4 Å². The third kappa shape index (κ3) is 7.02. The molecule has 0 bridgehead atoms. The summed E-state index contributed by atoms with van der Waals surface area (Å²) in [4.78, 5) is 29.1. The zero-order chi connectivity index (χ0) is 27.9. The first kappa shape index (κ1) is 28.6. The number of anilines is 2. The van der Waals surface area contributed by atoms with Crippen molar-refractivity contribution in [3.8, 4) is 5.75 Å². The minimum atomic E-state index is 0.0694. The smallest absolute Gasteiger partial charge is 0.253 e. The Balaban J connectivity index is 1.19. The van der Waals surface area contributed by atoms with Gasteiger partial charge in [-0.15, -0.1) is 0 Å². The van der Waals surface area contributed by atoms with Crippen molar-refractivity contribution in [3.05, 3.63) is 70.9 Å². The van der Waals surface area contributed by atoms with Crippen LogP contribution in [0.4, 0.5) is 11.5 Å². The molecule has 2 fully saturated rings. The van der Waals surface area contributed by atoms with Crippen molar-refractivity contribution in [2.45, 2.75) is 56.0 Å². The second-order valence-corrected chi connectivity index (χ2v) is 11.7. The summed E-state index contributed by atoms with van der Waals surface area (Å²) in [6.45, 7) is 5.52. The summed E-state index contributed by atoms with van der Waals surface area (Å²) in [7, 11) is 2.11. The van der Waals surface area contributed by atoms with Crippen molar-refractivity contribution in [1.82, 2.24) is 14.9 Å². The molecule has 9 heteroatoms. The number of thioether (sulfide) groups is 1. The second kappa shape index (κ2) is 13.6. The Morgan fingerprint density at radius 3 is 2.58 bits per heavy atom. The molecule has 1 amide bonds. The quantitative estimate of drug-likeness (QED) is 0.162. The predicted octanol–water partition coefficient (Wildman–Crippen LogP) is 6.55. The molecule has 2 heterocycles. The first-order valence-corrected chi connectivity index (χ1v) is 15.6. The molecule has 2 aliphatic rings. The number of aromatic nitrogens is 2. The van der Waals surface area contributed by atoms with E-state index in [1.54, 1.807) is 11.8 Å². The number of piperazine rings is 1. The lowest BCUT2D eigenvalue weighted by Crippen LogP contribution is -2.48. The molecule has 5 rings (SSSR count). The van der Waals surface area contributed by atoms with Crippen LogP contribution in [0, 0.1) is 0 Å². The third-order valence-electron chi connectivity index (χ3n) is 7.76. The lowest BCUT2D eigenvalue weighted by atomic mass is 9.94. The highest BCUT2D eigenvalue weighted by molar-refractivity contribution is 7.98. The van der Waals surface area contributed by atoms with E-state index in [0.717, 1.165) is 35.9 Å². The van der Waals surface area contributed by atoms with E-state index in [2.05, 4.69) is 27.9 Å². The number of amides is 1. The summed E-state index contributed by atoms with van der Waals surface area (Å²) in [6, 6.07) is 18.4. The van der Waals surface area contributed by atoms with Crippen LogP contribution in [0.5, 0.6) is 5.75 Å². The molecule has 2 aromatic carbocycles. The summed E-state index contributed by atoms with van der Waals surface area (Å²) in [5.74, 6) is 2.50. The maximum Gasteiger partial charge on any atom is 0.253 e. The van der Waals surface area contributed by atoms with Gasteiger partial charge in [-0.3, -0.25) is 4.79 Å². The Bertz CT molecular complexity index is 1290. The molecule has 1 aromatic heterocycles. The van der Waals surface area contributed by atoms with Gasteiger partial charge in [0.15, 0.2) is 5.16 Å². The maximum absolute atomic E-state index is 13.4. The maximum atomic E-state index is 13.4. The minimum absolute atomic E-state index is 0.0694. The van der Waals surface area contributed by atoms with E-state index in [9.17, 15) is 4.79 Å². The number of ether oxygens (including phenoxy) is 1. The molecular weight excluding hydrogens is 542 g/mol. The SMILES string of the molecule is CCOc1ccccc1N1CCN(C(=O)c2cccc(CSc3nc(Cl)cc(N(C)C4CCCCC4)n3)c2)CC1. The highest BCUT2D eigenvalue weighted by Crippen LogP contribution is 2.30. The van der Waals surface area contributed by atoms with E-state index < -0.39 is 0 Å². The molecule has 0 radical (unpaired) electrons. The molecule has 1 aliphatic carbocycles. The Labute approximate surface area is 246 Å². The Morgan fingerprint density at radius 1 is 1.02 bits per heavy atom. The van der Waals surface area contributed by atoms with Crippen LogP contribution in [0.1, 0.15) is 54.9 Å².